The molecule has 0 saturated carbocycles. The first-order valence-electron chi connectivity index (χ1n) is 4.23. The summed E-state index contributed by atoms with van der Waals surface area (Å²) in [4.78, 5) is 10.6. The zero-order valence-corrected chi connectivity index (χ0v) is 7.63. The number of hydrogen-bond acceptors (Lipinski definition) is 4. The molecule has 13 heavy (non-hydrogen) atoms. The van der Waals surface area contributed by atoms with Crippen LogP contribution in [0, 0.1) is 0 Å². The lowest BCUT2D eigenvalue weighted by Gasteiger charge is -2.02. The zero-order chi connectivity index (χ0) is 9.52. The molecule has 5 heteroatoms. The molecule has 0 aliphatic carbocycles. The number of nitrogens with one attached hydrogen (secondary N) is 3. The van der Waals surface area contributed by atoms with Crippen molar-refractivity contribution in [3.8, 4) is 0 Å². The lowest BCUT2D eigenvalue weighted by Crippen LogP contribution is -2.25. The van der Waals surface area contributed by atoms with E-state index in [4.69, 9.17) is 0 Å². The van der Waals surface area contributed by atoms with Crippen molar-refractivity contribution in [1.29, 1.82) is 0 Å². The predicted octanol–water partition coefficient (Wildman–Crippen LogP) is -0.921. The summed E-state index contributed by atoms with van der Waals surface area (Å²) < 4.78 is 0. The van der Waals surface area contributed by atoms with Gasteiger partial charge in [-0.15, -0.1) is 0 Å². The molecule has 1 heterocycles. The van der Waals surface area contributed by atoms with Crippen molar-refractivity contribution in [2.75, 3.05) is 20.1 Å². The number of aromatic amines is 1. The van der Waals surface area contributed by atoms with E-state index >= 15 is 0 Å². The molecule has 1 aromatic rings. The Hall–Kier alpha value is -1.20. The second kappa shape index (κ2) is 5.45. The average molecular weight is 182 g/mol. The van der Waals surface area contributed by atoms with Gasteiger partial charge in [-0.2, -0.15) is 5.10 Å². The van der Waals surface area contributed by atoms with Crippen molar-refractivity contribution < 1.29 is 0 Å². The fourth-order valence-corrected chi connectivity index (χ4v) is 0.902. The first-order chi connectivity index (χ1) is 6.33. The largest absolute Gasteiger partial charge is 0.318 e. The van der Waals surface area contributed by atoms with Gasteiger partial charge in [0.25, 0.3) is 5.56 Å². The van der Waals surface area contributed by atoms with Crippen LogP contribution in [0.25, 0.3) is 0 Å². The normalized spacial score (nSPS) is 10.2. The molecule has 0 radical (unpaired) electrons. The van der Waals surface area contributed by atoms with E-state index in [2.05, 4.69) is 20.8 Å². The fraction of sp³-hybridized carbons (Fsp3) is 0.500. The standard InChI is InChI=1S/C8H14N4O/c1-9-4-5-10-6-7-2-3-8(13)12-11-7/h2-3,9-10H,4-6H2,1H3,(H,12,13). The second-order valence-corrected chi connectivity index (χ2v) is 2.69. The first kappa shape index (κ1) is 9.88. The monoisotopic (exact) mass is 182 g/mol. The van der Waals surface area contributed by atoms with E-state index in [1.54, 1.807) is 6.07 Å². The van der Waals surface area contributed by atoms with Crippen LogP contribution in [0.4, 0.5) is 0 Å². The summed E-state index contributed by atoms with van der Waals surface area (Å²) in [6.45, 7) is 2.49. The van der Waals surface area contributed by atoms with Gasteiger partial charge in [0.2, 0.25) is 0 Å². The summed E-state index contributed by atoms with van der Waals surface area (Å²) in [5.74, 6) is 0. The summed E-state index contributed by atoms with van der Waals surface area (Å²) >= 11 is 0. The van der Waals surface area contributed by atoms with E-state index < -0.39 is 0 Å². The van der Waals surface area contributed by atoms with Crippen LogP contribution in [0.5, 0.6) is 0 Å². The van der Waals surface area contributed by atoms with Gasteiger partial charge in [-0.05, 0) is 13.1 Å². The van der Waals surface area contributed by atoms with Gasteiger partial charge in [-0.25, -0.2) is 5.10 Å². The molecule has 1 rings (SSSR count). The Morgan fingerprint density at radius 3 is 2.92 bits per heavy atom. The Labute approximate surface area is 76.6 Å². The van der Waals surface area contributed by atoms with E-state index in [0.29, 0.717) is 6.54 Å². The van der Waals surface area contributed by atoms with Crippen LogP contribution in [0.15, 0.2) is 16.9 Å². The molecule has 0 saturated heterocycles. The third-order valence-corrected chi connectivity index (χ3v) is 1.59. The van der Waals surface area contributed by atoms with Crippen LogP contribution >= 0.6 is 0 Å². The molecule has 0 atom stereocenters. The fourth-order valence-electron chi connectivity index (χ4n) is 0.902. The highest BCUT2D eigenvalue weighted by molar-refractivity contribution is 4.98. The van der Waals surface area contributed by atoms with Gasteiger partial charge in [0, 0.05) is 25.7 Å². The molecular weight excluding hydrogens is 168 g/mol. The zero-order valence-electron chi connectivity index (χ0n) is 7.63. The summed E-state index contributed by atoms with van der Waals surface area (Å²) in [6, 6.07) is 3.19. The Morgan fingerprint density at radius 1 is 1.46 bits per heavy atom. The number of aromatic nitrogens is 2. The van der Waals surface area contributed by atoms with Crippen LogP contribution in [-0.2, 0) is 6.54 Å². The number of rotatable bonds is 5. The molecular formula is C8H14N4O. The lowest BCUT2D eigenvalue weighted by atomic mass is 10.4. The van der Waals surface area contributed by atoms with Gasteiger partial charge >= 0.3 is 0 Å². The van der Waals surface area contributed by atoms with Gasteiger partial charge in [-0.3, -0.25) is 4.79 Å². The minimum Gasteiger partial charge on any atom is -0.318 e. The van der Waals surface area contributed by atoms with Gasteiger partial charge in [-0.1, -0.05) is 0 Å². The summed E-state index contributed by atoms with van der Waals surface area (Å²) in [7, 11) is 1.90. The Morgan fingerprint density at radius 2 is 2.31 bits per heavy atom. The highest BCUT2D eigenvalue weighted by Gasteiger charge is 1.92. The van der Waals surface area contributed by atoms with E-state index in [1.165, 1.54) is 6.07 Å². The van der Waals surface area contributed by atoms with Crippen molar-refractivity contribution in [2.45, 2.75) is 6.54 Å². The molecule has 0 amide bonds. The maximum absolute atomic E-state index is 10.6. The predicted molar refractivity (Wildman–Crippen MR) is 50.5 cm³/mol. The van der Waals surface area contributed by atoms with Crippen LogP contribution in [0.2, 0.25) is 0 Å². The number of likely N-dealkylation sites (N-methyl/N-ethyl adjacent to an activating group) is 1. The Bertz CT molecular complexity index is 276. The van der Waals surface area contributed by atoms with Crippen LogP contribution in [0.3, 0.4) is 0 Å². The lowest BCUT2D eigenvalue weighted by molar-refractivity contribution is 0.636. The summed E-state index contributed by atoms with van der Waals surface area (Å²) in [5, 5.41) is 12.4. The highest BCUT2D eigenvalue weighted by Crippen LogP contribution is 1.85. The van der Waals surface area contributed by atoms with Crippen molar-refractivity contribution in [3.63, 3.8) is 0 Å². The minimum absolute atomic E-state index is 0.168. The average Bonchev–Trinajstić information content (AvgIpc) is 2.15. The van der Waals surface area contributed by atoms with E-state index in [-0.39, 0.29) is 5.56 Å². The summed E-state index contributed by atoms with van der Waals surface area (Å²) in [6.07, 6.45) is 0. The smallest absolute Gasteiger partial charge is 0.264 e. The highest BCUT2D eigenvalue weighted by atomic mass is 16.1. The van der Waals surface area contributed by atoms with Gasteiger partial charge in [0.15, 0.2) is 0 Å². The first-order valence-corrected chi connectivity index (χ1v) is 4.23. The molecule has 72 valence electrons. The maximum atomic E-state index is 10.6. The topological polar surface area (TPSA) is 69.8 Å². The van der Waals surface area contributed by atoms with Crippen LogP contribution < -0.4 is 16.2 Å². The van der Waals surface area contributed by atoms with E-state index in [0.717, 1.165) is 18.8 Å². The molecule has 0 aromatic carbocycles. The molecule has 0 aliphatic heterocycles. The third-order valence-electron chi connectivity index (χ3n) is 1.59. The number of hydrogen-bond donors (Lipinski definition) is 3. The molecule has 0 spiro atoms. The van der Waals surface area contributed by atoms with Crippen molar-refractivity contribution in [1.82, 2.24) is 20.8 Å². The second-order valence-electron chi connectivity index (χ2n) is 2.69. The maximum Gasteiger partial charge on any atom is 0.264 e. The quantitative estimate of drug-likeness (QED) is 0.515. The van der Waals surface area contributed by atoms with Gasteiger partial charge in [0.05, 0.1) is 5.69 Å². The molecule has 0 aliphatic rings. The number of nitrogens with zero attached hydrogens (tertiary/aromatic N) is 1. The van der Waals surface area contributed by atoms with Crippen molar-refractivity contribution in [2.24, 2.45) is 0 Å². The molecule has 5 nitrogen and oxygen atoms in total. The molecule has 0 unspecified atom stereocenters. The SMILES string of the molecule is CNCCNCc1ccc(=O)[nH]n1. The molecule has 0 fully saturated rings. The number of H-pyrrole nitrogens is 1. The van der Waals surface area contributed by atoms with Crippen molar-refractivity contribution in [3.05, 3.63) is 28.2 Å². The Balaban J connectivity index is 2.29. The minimum atomic E-state index is -0.168. The molecule has 0 bridgehead atoms. The van der Waals surface area contributed by atoms with Gasteiger partial charge < -0.3 is 10.6 Å². The van der Waals surface area contributed by atoms with Crippen LogP contribution in [0.1, 0.15) is 5.69 Å². The Kier molecular flexibility index (Phi) is 4.14. The van der Waals surface area contributed by atoms with E-state index in [1.807, 2.05) is 7.05 Å². The van der Waals surface area contributed by atoms with E-state index in [9.17, 15) is 4.79 Å². The molecule has 1 aromatic heterocycles. The molecule has 3 N–H and O–H groups in total. The summed E-state index contributed by atoms with van der Waals surface area (Å²) in [5.41, 5.74) is 0.676. The van der Waals surface area contributed by atoms with Crippen molar-refractivity contribution >= 4 is 0 Å². The third kappa shape index (κ3) is 3.82. The van der Waals surface area contributed by atoms with Gasteiger partial charge in [0.1, 0.15) is 0 Å². The van der Waals surface area contributed by atoms with Crippen LogP contribution in [-0.4, -0.2) is 30.3 Å².